The zero-order chi connectivity index (χ0) is 13.1. The van der Waals surface area contributed by atoms with E-state index in [1.165, 1.54) is 0 Å². The molecule has 1 aromatic carbocycles. The molecule has 18 heavy (non-hydrogen) atoms. The Labute approximate surface area is 109 Å². The van der Waals surface area contributed by atoms with Crippen LogP contribution in [0.5, 0.6) is 0 Å². The summed E-state index contributed by atoms with van der Waals surface area (Å²) in [5.41, 5.74) is 8.19. The highest BCUT2D eigenvalue weighted by Gasteiger charge is 2.22. The van der Waals surface area contributed by atoms with Crippen LogP contribution in [0.15, 0.2) is 18.2 Å². The first-order chi connectivity index (χ1) is 8.63. The maximum Gasteiger partial charge on any atom is 0.101 e. The highest BCUT2D eigenvalue weighted by atomic mass is 15.2. The molecular weight excluding hydrogens is 224 g/mol. The molecule has 1 aromatic rings. The number of nitriles is 1. The van der Waals surface area contributed by atoms with Crippen LogP contribution < -0.4 is 10.6 Å². The van der Waals surface area contributed by atoms with E-state index in [1.807, 2.05) is 12.1 Å². The van der Waals surface area contributed by atoms with Crippen molar-refractivity contribution in [2.45, 2.75) is 18.9 Å². The number of hydrogen-bond acceptors (Lipinski definition) is 4. The van der Waals surface area contributed by atoms with Crippen molar-refractivity contribution in [2.24, 2.45) is 0 Å². The molecule has 0 aliphatic carbocycles. The summed E-state index contributed by atoms with van der Waals surface area (Å²) in [4.78, 5) is 4.57. The van der Waals surface area contributed by atoms with Crippen LogP contribution in [0.4, 0.5) is 11.4 Å². The first-order valence-corrected chi connectivity index (χ1v) is 6.33. The van der Waals surface area contributed by atoms with E-state index in [0.717, 1.165) is 31.6 Å². The molecule has 0 aromatic heterocycles. The van der Waals surface area contributed by atoms with Crippen LogP contribution in [-0.4, -0.2) is 38.1 Å². The van der Waals surface area contributed by atoms with Crippen molar-refractivity contribution in [3.05, 3.63) is 23.8 Å². The monoisotopic (exact) mass is 244 g/mol. The Balaban J connectivity index is 2.19. The highest BCUT2D eigenvalue weighted by Crippen LogP contribution is 2.29. The summed E-state index contributed by atoms with van der Waals surface area (Å²) in [6.45, 7) is 2.24. The Kier molecular flexibility index (Phi) is 3.73. The van der Waals surface area contributed by atoms with E-state index in [2.05, 4.69) is 30.0 Å². The molecule has 0 unspecified atom stereocenters. The van der Waals surface area contributed by atoms with Gasteiger partial charge in [-0.15, -0.1) is 0 Å². The molecule has 96 valence electrons. The minimum atomic E-state index is 0.512. The second kappa shape index (κ2) is 5.28. The SMILES string of the molecule is CN1CCC(N(C)c2cccc(C#N)c2N)CC1. The third kappa shape index (κ3) is 2.41. The van der Waals surface area contributed by atoms with Crippen LogP contribution >= 0.6 is 0 Å². The van der Waals surface area contributed by atoms with E-state index < -0.39 is 0 Å². The van der Waals surface area contributed by atoms with Crippen LogP contribution in [0, 0.1) is 11.3 Å². The molecule has 0 saturated carbocycles. The normalized spacial score (nSPS) is 17.4. The Bertz CT molecular complexity index is 455. The summed E-state index contributed by atoms with van der Waals surface area (Å²) < 4.78 is 0. The lowest BCUT2D eigenvalue weighted by Crippen LogP contribution is -2.42. The van der Waals surface area contributed by atoms with Gasteiger partial charge in [-0.2, -0.15) is 5.26 Å². The number of para-hydroxylation sites is 1. The van der Waals surface area contributed by atoms with Gasteiger partial charge in [-0.3, -0.25) is 0 Å². The lowest BCUT2D eigenvalue weighted by Gasteiger charge is -2.37. The molecule has 2 N–H and O–H groups in total. The highest BCUT2D eigenvalue weighted by molar-refractivity contribution is 5.74. The van der Waals surface area contributed by atoms with Gasteiger partial charge in [0.25, 0.3) is 0 Å². The Morgan fingerprint density at radius 1 is 1.39 bits per heavy atom. The van der Waals surface area contributed by atoms with Gasteiger partial charge in [0.2, 0.25) is 0 Å². The van der Waals surface area contributed by atoms with Gasteiger partial charge in [0.1, 0.15) is 6.07 Å². The number of nitrogens with zero attached hydrogens (tertiary/aromatic N) is 3. The smallest absolute Gasteiger partial charge is 0.101 e. The molecule has 1 aliphatic heterocycles. The van der Waals surface area contributed by atoms with E-state index in [1.54, 1.807) is 6.07 Å². The van der Waals surface area contributed by atoms with Gasteiger partial charge in [-0.1, -0.05) is 6.07 Å². The number of anilines is 2. The van der Waals surface area contributed by atoms with E-state index in [9.17, 15) is 0 Å². The standard InChI is InChI=1S/C14H20N4/c1-17-8-6-12(7-9-17)18(2)13-5-3-4-11(10-15)14(13)16/h3-5,12H,6-9,16H2,1-2H3. The van der Waals surface area contributed by atoms with Gasteiger partial charge in [-0.25, -0.2) is 0 Å². The summed E-state index contributed by atoms with van der Waals surface area (Å²) in [5.74, 6) is 0. The third-order valence-electron chi connectivity index (χ3n) is 3.82. The van der Waals surface area contributed by atoms with Crippen molar-refractivity contribution in [3.63, 3.8) is 0 Å². The van der Waals surface area contributed by atoms with Crippen LogP contribution in [0.1, 0.15) is 18.4 Å². The fourth-order valence-corrected chi connectivity index (χ4v) is 2.54. The zero-order valence-corrected chi connectivity index (χ0v) is 11.1. The number of piperidine rings is 1. The average molecular weight is 244 g/mol. The fourth-order valence-electron chi connectivity index (χ4n) is 2.54. The van der Waals surface area contributed by atoms with Gasteiger partial charge in [0, 0.05) is 13.1 Å². The molecule has 1 fully saturated rings. The molecule has 4 nitrogen and oxygen atoms in total. The topological polar surface area (TPSA) is 56.3 Å². The second-order valence-electron chi connectivity index (χ2n) is 5.00. The molecule has 1 aliphatic rings. The van der Waals surface area contributed by atoms with Gasteiger partial charge < -0.3 is 15.5 Å². The Morgan fingerprint density at radius 3 is 2.67 bits per heavy atom. The second-order valence-corrected chi connectivity index (χ2v) is 5.00. The van der Waals surface area contributed by atoms with Crippen molar-refractivity contribution in [3.8, 4) is 6.07 Å². The quantitative estimate of drug-likeness (QED) is 0.804. The van der Waals surface area contributed by atoms with Crippen molar-refractivity contribution in [1.29, 1.82) is 5.26 Å². The van der Waals surface area contributed by atoms with Gasteiger partial charge in [-0.05, 0) is 45.1 Å². The first-order valence-electron chi connectivity index (χ1n) is 6.33. The zero-order valence-electron chi connectivity index (χ0n) is 11.1. The number of benzene rings is 1. The molecular formula is C14H20N4. The molecule has 0 spiro atoms. The number of nitrogen functional groups attached to an aromatic ring is 1. The first kappa shape index (κ1) is 12.7. The minimum Gasteiger partial charge on any atom is -0.396 e. The Hall–Kier alpha value is -1.73. The van der Waals surface area contributed by atoms with E-state index in [0.29, 0.717) is 17.3 Å². The van der Waals surface area contributed by atoms with Crippen molar-refractivity contribution >= 4 is 11.4 Å². The minimum absolute atomic E-state index is 0.512. The summed E-state index contributed by atoms with van der Waals surface area (Å²) in [6.07, 6.45) is 2.28. The number of nitrogens with two attached hydrogens (primary N) is 1. The van der Waals surface area contributed by atoms with Crippen LogP contribution in [0.2, 0.25) is 0 Å². The maximum absolute atomic E-state index is 9.01. The van der Waals surface area contributed by atoms with E-state index in [-0.39, 0.29) is 0 Å². The lowest BCUT2D eigenvalue weighted by molar-refractivity contribution is 0.253. The average Bonchev–Trinajstić information content (AvgIpc) is 2.39. The van der Waals surface area contributed by atoms with Crippen molar-refractivity contribution < 1.29 is 0 Å². The summed E-state index contributed by atoms with van der Waals surface area (Å²) in [7, 11) is 4.23. The van der Waals surface area contributed by atoms with Crippen molar-refractivity contribution in [1.82, 2.24) is 4.90 Å². The predicted octanol–water partition coefficient (Wildman–Crippen LogP) is 1.67. The number of rotatable bonds is 2. The van der Waals surface area contributed by atoms with Crippen LogP contribution in [0.25, 0.3) is 0 Å². The summed E-state index contributed by atoms with van der Waals surface area (Å²) >= 11 is 0. The maximum atomic E-state index is 9.01. The molecule has 0 radical (unpaired) electrons. The largest absolute Gasteiger partial charge is 0.396 e. The summed E-state index contributed by atoms with van der Waals surface area (Å²) in [5, 5.41) is 9.01. The van der Waals surface area contributed by atoms with E-state index in [4.69, 9.17) is 11.0 Å². The predicted molar refractivity (Wildman–Crippen MR) is 74.5 cm³/mol. The van der Waals surface area contributed by atoms with E-state index >= 15 is 0 Å². The fraction of sp³-hybridized carbons (Fsp3) is 0.500. The van der Waals surface area contributed by atoms with Crippen molar-refractivity contribution in [2.75, 3.05) is 37.8 Å². The van der Waals surface area contributed by atoms with Gasteiger partial charge in [0.15, 0.2) is 0 Å². The van der Waals surface area contributed by atoms with Gasteiger partial charge >= 0.3 is 0 Å². The number of hydrogen-bond donors (Lipinski definition) is 1. The molecule has 4 heteroatoms. The van der Waals surface area contributed by atoms with Crippen LogP contribution in [-0.2, 0) is 0 Å². The molecule has 1 saturated heterocycles. The molecule has 1 heterocycles. The molecule has 2 rings (SSSR count). The van der Waals surface area contributed by atoms with Crippen LogP contribution in [0.3, 0.4) is 0 Å². The molecule has 0 amide bonds. The number of likely N-dealkylation sites (tertiary alicyclic amines) is 1. The van der Waals surface area contributed by atoms with Gasteiger partial charge in [0.05, 0.1) is 16.9 Å². The molecule has 0 bridgehead atoms. The Morgan fingerprint density at radius 2 is 2.06 bits per heavy atom. The molecule has 0 atom stereocenters. The summed E-state index contributed by atoms with van der Waals surface area (Å²) in [6, 6.07) is 8.31. The lowest BCUT2D eigenvalue weighted by atomic mass is 10.0. The third-order valence-corrected chi connectivity index (χ3v) is 3.82.